The second kappa shape index (κ2) is 8.47. The number of anilines is 2. The second-order valence-electron chi connectivity index (χ2n) is 5.94. The van der Waals surface area contributed by atoms with Gasteiger partial charge in [0.25, 0.3) is 0 Å². The molecule has 0 saturated heterocycles. The normalized spacial score (nSPS) is 10.3. The molecule has 3 rings (SSSR count). The van der Waals surface area contributed by atoms with Gasteiger partial charge in [-0.1, -0.05) is 35.9 Å². The quantitative estimate of drug-likeness (QED) is 0.533. The lowest BCUT2D eigenvalue weighted by Gasteiger charge is -2.14. The van der Waals surface area contributed by atoms with Gasteiger partial charge in [-0.2, -0.15) is 0 Å². The third kappa shape index (κ3) is 5.15. The van der Waals surface area contributed by atoms with Crippen LogP contribution in [0.25, 0.3) is 0 Å². The number of amides is 1. The van der Waals surface area contributed by atoms with Crippen LogP contribution in [0, 0.1) is 0 Å². The summed E-state index contributed by atoms with van der Waals surface area (Å²) in [6.45, 7) is 2.05. The lowest BCUT2D eigenvalue weighted by molar-refractivity contribution is -0.114. The van der Waals surface area contributed by atoms with E-state index in [1.54, 1.807) is 12.1 Å². The highest BCUT2D eigenvalue weighted by molar-refractivity contribution is 6.30. The number of hydrogen-bond acceptors (Lipinski definition) is 4. The SMILES string of the molecule is CC(=O)Nc1ccc(CNc2ccccc2Oc2ccc(Cl)cc2O)cc1. The number of rotatable bonds is 6. The molecule has 1 amide bonds. The van der Waals surface area contributed by atoms with Gasteiger partial charge in [0, 0.05) is 30.2 Å². The highest BCUT2D eigenvalue weighted by Gasteiger charge is 2.08. The molecule has 0 aromatic heterocycles. The Kier molecular flexibility index (Phi) is 5.84. The van der Waals surface area contributed by atoms with Gasteiger partial charge in [-0.3, -0.25) is 4.79 Å². The second-order valence-corrected chi connectivity index (χ2v) is 6.38. The number of benzene rings is 3. The number of phenolic OH excluding ortho intramolecular Hbond substituents is 1. The first-order valence-corrected chi connectivity index (χ1v) is 8.75. The summed E-state index contributed by atoms with van der Waals surface area (Å²) in [5.74, 6) is 0.793. The molecule has 0 radical (unpaired) electrons. The summed E-state index contributed by atoms with van der Waals surface area (Å²) in [7, 11) is 0. The number of carbonyl (C=O) groups excluding carboxylic acids is 1. The molecule has 0 saturated carbocycles. The van der Waals surface area contributed by atoms with Gasteiger partial charge in [-0.15, -0.1) is 0 Å². The molecular weight excluding hydrogens is 364 g/mol. The van der Waals surface area contributed by atoms with Crippen molar-refractivity contribution < 1.29 is 14.6 Å². The Hall–Kier alpha value is -3.18. The minimum absolute atomic E-state index is 0.0223. The first-order valence-electron chi connectivity index (χ1n) is 8.37. The molecular formula is C21H19ClN2O3. The standard InChI is InChI=1S/C21H19ClN2O3/c1-14(25)24-17-9-6-15(7-10-17)13-23-18-4-2-3-5-20(18)27-21-11-8-16(22)12-19(21)26/h2-12,23,26H,13H2,1H3,(H,24,25). The molecule has 0 unspecified atom stereocenters. The van der Waals surface area contributed by atoms with Gasteiger partial charge in [-0.05, 0) is 42.0 Å². The summed E-state index contributed by atoms with van der Waals surface area (Å²) in [6.07, 6.45) is 0. The molecule has 0 bridgehead atoms. The molecule has 138 valence electrons. The van der Waals surface area contributed by atoms with E-state index < -0.39 is 0 Å². The maximum atomic E-state index is 11.1. The first kappa shape index (κ1) is 18.6. The first-order chi connectivity index (χ1) is 13.0. The maximum absolute atomic E-state index is 11.1. The van der Waals surface area contributed by atoms with E-state index in [9.17, 15) is 9.90 Å². The largest absolute Gasteiger partial charge is 0.504 e. The Labute approximate surface area is 162 Å². The third-order valence-corrected chi connectivity index (χ3v) is 4.02. The zero-order valence-corrected chi connectivity index (χ0v) is 15.5. The van der Waals surface area contributed by atoms with Crippen molar-refractivity contribution in [2.24, 2.45) is 0 Å². The lowest BCUT2D eigenvalue weighted by atomic mass is 10.2. The monoisotopic (exact) mass is 382 g/mol. The van der Waals surface area contributed by atoms with Crippen LogP contribution in [0.3, 0.4) is 0 Å². The predicted octanol–water partition coefficient (Wildman–Crippen LogP) is 5.41. The molecule has 0 heterocycles. The zero-order chi connectivity index (χ0) is 19.2. The van der Waals surface area contributed by atoms with Crippen LogP contribution in [0.1, 0.15) is 12.5 Å². The number of carbonyl (C=O) groups is 1. The number of halogens is 1. The Bertz CT molecular complexity index is 942. The summed E-state index contributed by atoms with van der Waals surface area (Å²) in [4.78, 5) is 11.1. The topological polar surface area (TPSA) is 70.6 Å². The minimum Gasteiger partial charge on any atom is -0.504 e. The van der Waals surface area contributed by atoms with Gasteiger partial charge < -0.3 is 20.5 Å². The zero-order valence-electron chi connectivity index (χ0n) is 14.7. The fraction of sp³-hybridized carbons (Fsp3) is 0.0952. The van der Waals surface area contributed by atoms with Gasteiger partial charge in [0.2, 0.25) is 5.91 Å². The number of para-hydroxylation sites is 2. The third-order valence-electron chi connectivity index (χ3n) is 3.79. The van der Waals surface area contributed by atoms with E-state index in [1.807, 2.05) is 48.5 Å². The Morgan fingerprint density at radius 3 is 2.48 bits per heavy atom. The van der Waals surface area contributed by atoms with Crippen molar-refractivity contribution in [3.05, 3.63) is 77.3 Å². The van der Waals surface area contributed by atoms with Crippen LogP contribution in [0.2, 0.25) is 5.02 Å². The molecule has 27 heavy (non-hydrogen) atoms. The highest BCUT2D eigenvalue weighted by atomic mass is 35.5. The fourth-order valence-corrected chi connectivity index (χ4v) is 2.67. The molecule has 0 aliphatic heterocycles. The van der Waals surface area contributed by atoms with Crippen LogP contribution in [-0.2, 0) is 11.3 Å². The number of aromatic hydroxyl groups is 1. The predicted molar refractivity (Wildman–Crippen MR) is 108 cm³/mol. The Morgan fingerprint density at radius 1 is 1.04 bits per heavy atom. The summed E-state index contributed by atoms with van der Waals surface area (Å²) >= 11 is 5.86. The van der Waals surface area contributed by atoms with Crippen LogP contribution in [-0.4, -0.2) is 11.0 Å². The van der Waals surface area contributed by atoms with E-state index in [2.05, 4.69) is 10.6 Å². The van der Waals surface area contributed by atoms with Gasteiger partial charge in [-0.25, -0.2) is 0 Å². The van der Waals surface area contributed by atoms with E-state index >= 15 is 0 Å². The molecule has 0 fully saturated rings. The number of hydrogen-bond donors (Lipinski definition) is 3. The van der Waals surface area contributed by atoms with E-state index in [-0.39, 0.29) is 11.7 Å². The Morgan fingerprint density at radius 2 is 1.78 bits per heavy atom. The number of ether oxygens (including phenoxy) is 1. The summed E-state index contributed by atoms with van der Waals surface area (Å²) in [6, 6.07) is 19.8. The van der Waals surface area contributed by atoms with Crippen molar-refractivity contribution in [3.63, 3.8) is 0 Å². The van der Waals surface area contributed by atoms with E-state index in [4.69, 9.17) is 16.3 Å². The fourth-order valence-electron chi connectivity index (χ4n) is 2.50. The molecule has 0 spiro atoms. The van der Waals surface area contributed by atoms with Crippen molar-refractivity contribution in [3.8, 4) is 17.2 Å². The van der Waals surface area contributed by atoms with E-state index in [1.165, 1.54) is 13.0 Å². The van der Waals surface area contributed by atoms with Gasteiger partial charge >= 0.3 is 0 Å². The van der Waals surface area contributed by atoms with Gasteiger partial charge in [0.1, 0.15) is 0 Å². The van der Waals surface area contributed by atoms with Gasteiger partial charge in [0.15, 0.2) is 17.2 Å². The van der Waals surface area contributed by atoms with Crippen molar-refractivity contribution in [1.29, 1.82) is 0 Å². The van der Waals surface area contributed by atoms with Crippen LogP contribution in [0.15, 0.2) is 66.7 Å². The summed E-state index contributed by atoms with van der Waals surface area (Å²) in [5.41, 5.74) is 2.60. The molecule has 6 heteroatoms. The van der Waals surface area contributed by atoms with Gasteiger partial charge in [0.05, 0.1) is 5.69 Å². The molecule has 0 aliphatic carbocycles. The molecule has 3 aromatic carbocycles. The summed E-state index contributed by atoms with van der Waals surface area (Å²) in [5, 5.41) is 16.5. The molecule has 5 nitrogen and oxygen atoms in total. The number of nitrogens with one attached hydrogen (secondary N) is 2. The van der Waals surface area contributed by atoms with Crippen LogP contribution in [0.5, 0.6) is 17.2 Å². The average molecular weight is 383 g/mol. The van der Waals surface area contributed by atoms with Crippen molar-refractivity contribution in [1.82, 2.24) is 0 Å². The summed E-state index contributed by atoms with van der Waals surface area (Å²) < 4.78 is 5.83. The van der Waals surface area contributed by atoms with Crippen LogP contribution >= 0.6 is 11.6 Å². The van der Waals surface area contributed by atoms with Crippen molar-refractivity contribution in [2.45, 2.75) is 13.5 Å². The highest BCUT2D eigenvalue weighted by Crippen LogP contribution is 2.36. The molecule has 0 atom stereocenters. The van der Waals surface area contributed by atoms with Crippen molar-refractivity contribution in [2.75, 3.05) is 10.6 Å². The average Bonchev–Trinajstić information content (AvgIpc) is 2.64. The maximum Gasteiger partial charge on any atom is 0.221 e. The minimum atomic E-state index is -0.0996. The Balaban J connectivity index is 1.70. The van der Waals surface area contributed by atoms with Crippen LogP contribution in [0.4, 0.5) is 11.4 Å². The van der Waals surface area contributed by atoms with E-state index in [0.29, 0.717) is 23.1 Å². The smallest absolute Gasteiger partial charge is 0.221 e. The molecule has 0 aliphatic rings. The number of phenols is 1. The van der Waals surface area contributed by atoms with Crippen LogP contribution < -0.4 is 15.4 Å². The van der Waals surface area contributed by atoms with E-state index in [0.717, 1.165) is 16.9 Å². The molecule has 3 N–H and O–H groups in total. The molecule has 3 aromatic rings. The lowest BCUT2D eigenvalue weighted by Crippen LogP contribution is -2.06. The van der Waals surface area contributed by atoms with Crippen molar-refractivity contribution >= 4 is 28.9 Å².